The largest absolute Gasteiger partial charge is 0.353 e. The van der Waals surface area contributed by atoms with E-state index in [1.165, 1.54) is 19.3 Å². The molecule has 3 heteroatoms. The molecule has 0 bridgehead atoms. The zero-order valence-electron chi connectivity index (χ0n) is 11.8. The molecule has 2 saturated carbocycles. The lowest BCUT2D eigenvalue weighted by molar-refractivity contribution is -0.129. The Balaban J connectivity index is 1.89. The minimum Gasteiger partial charge on any atom is -0.353 e. The summed E-state index contributed by atoms with van der Waals surface area (Å²) in [7, 11) is 0. The first-order valence-electron chi connectivity index (χ1n) is 7.64. The van der Waals surface area contributed by atoms with Crippen LogP contribution in [0.25, 0.3) is 0 Å². The first-order valence-corrected chi connectivity index (χ1v) is 7.64. The third-order valence-corrected chi connectivity index (χ3v) is 5.01. The van der Waals surface area contributed by atoms with Gasteiger partial charge in [-0.05, 0) is 43.9 Å². The number of nitrogens with two attached hydrogens (primary N) is 1. The fourth-order valence-corrected chi connectivity index (χ4v) is 3.54. The van der Waals surface area contributed by atoms with E-state index in [1.54, 1.807) is 0 Å². The van der Waals surface area contributed by atoms with E-state index in [1.807, 2.05) is 0 Å². The van der Waals surface area contributed by atoms with Gasteiger partial charge >= 0.3 is 0 Å². The molecular weight excluding hydrogens is 224 g/mol. The first kappa shape index (κ1) is 13.9. The molecule has 5 unspecified atom stereocenters. The molecule has 104 valence electrons. The zero-order valence-corrected chi connectivity index (χ0v) is 11.8. The fourth-order valence-electron chi connectivity index (χ4n) is 3.54. The number of nitrogens with one attached hydrogen (secondary N) is 1. The highest BCUT2D eigenvalue weighted by atomic mass is 16.2. The predicted molar refractivity (Wildman–Crippen MR) is 74.0 cm³/mol. The highest BCUT2D eigenvalue weighted by molar-refractivity contribution is 5.79. The highest BCUT2D eigenvalue weighted by Crippen LogP contribution is 2.30. The quantitative estimate of drug-likeness (QED) is 0.793. The number of carbonyl (C=O) groups excluding carboxylic acids is 1. The number of amides is 1. The van der Waals surface area contributed by atoms with E-state index in [0.29, 0.717) is 17.9 Å². The third kappa shape index (κ3) is 3.25. The Morgan fingerprint density at radius 3 is 2.50 bits per heavy atom. The molecule has 0 aromatic rings. The van der Waals surface area contributed by atoms with Crippen LogP contribution in [0.15, 0.2) is 0 Å². The van der Waals surface area contributed by atoms with Gasteiger partial charge in [0.1, 0.15) is 0 Å². The van der Waals surface area contributed by atoms with Gasteiger partial charge in [0, 0.05) is 18.0 Å². The van der Waals surface area contributed by atoms with Crippen LogP contribution in [0.4, 0.5) is 0 Å². The maximum absolute atomic E-state index is 12.4. The van der Waals surface area contributed by atoms with E-state index in [4.69, 9.17) is 5.73 Å². The Morgan fingerprint density at radius 1 is 1.06 bits per heavy atom. The van der Waals surface area contributed by atoms with Crippen LogP contribution >= 0.6 is 0 Å². The number of rotatable bonds is 2. The molecule has 3 N–H and O–H groups in total. The summed E-state index contributed by atoms with van der Waals surface area (Å²) < 4.78 is 0. The minimum atomic E-state index is 0.142. The molecule has 2 aliphatic rings. The molecule has 2 aliphatic carbocycles. The van der Waals surface area contributed by atoms with Crippen molar-refractivity contribution < 1.29 is 4.79 Å². The summed E-state index contributed by atoms with van der Waals surface area (Å²) in [5, 5.41) is 3.29. The van der Waals surface area contributed by atoms with Crippen molar-refractivity contribution in [2.75, 3.05) is 0 Å². The molecule has 0 radical (unpaired) electrons. The monoisotopic (exact) mass is 252 g/mol. The first-order chi connectivity index (χ1) is 8.58. The topological polar surface area (TPSA) is 55.1 Å². The van der Waals surface area contributed by atoms with Crippen molar-refractivity contribution >= 4 is 5.91 Å². The number of hydrogen-bond donors (Lipinski definition) is 2. The molecule has 0 spiro atoms. The van der Waals surface area contributed by atoms with Crippen molar-refractivity contribution in [1.82, 2.24) is 5.32 Å². The van der Waals surface area contributed by atoms with Crippen molar-refractivity contribution in [3.8, 4) is 0 Å². The van der Waals surface area contributed by atoms with Crippen molar-refractivity contribution in [3.63, 3.8) is 0 Å². The van der Waals surface area contributed by atoms with Crippen molar-refractivity contribution in [2.45, 2.75) is 70.9 Å². The summed E-state index contributed by atoms with van der Waals surface area (Å²) in [5.41, 5.74) is 6.01. The zero-order chi connectivity index (χ0) is 13.1. The van der Waals surface area contributed by atoms with Gasteiger partial charge in [0.25, 0.3) is 0 Å². The van der Waals surface area contributed by atoms with Gasteiger partial charge in [0.2, 0.25) is 5.91 Å². The van der Waals surface area contributed by atoms with Crippen LogP contribution in [0.2, 0.25) is 0 Å². The predicted octanol–water partition coefficient (Wildman–Crippen LogP) is 2.44. The van der Waals surface area contributed by atoms with E-state index < -0.39 is 0 Å². The van der Waals surface area contributed by atoms with Gasteiger partial charge < -0.3 is 11.1 Å². The average molecular weight is 252 g/mol. The van der Waals surface area contributed by atoms with E-state index in [0.717, 1.165) is 25.7 Å². The summed E-state index contributed by atoms with van der Waals surface area (Å²) >= 11 is 0. The summed E-state index contributed by atoms with van der Waals surface area (Å²) in [6.07, 6.45) is 8.02. The van der Waals surface area contributed by atoms with Gasteiger partial charge in [-0.2, -0.15) is 0 Å². The summed E-state index contributed by atoms with van der Waals surface area (Å²) in [4.78, 5) is 12.4. The van der Waals surface area contributed by atoms with Gasteiger partial charge in [0.15, 0.2) is 0 Å². The maximum Gasteiger partial charge on any atom is 0.223 e. The SMILES string of the molecule is CC1CCCCC1NC(=O)C1CC(N)CCC1C. The Labute approximate surface area is 111 Å². The Morgan fingerprint density at radius 2 is 1.78 bits per heavy atom. The Bertz CT molecular complexity index is 292. The van der Waals surface area contributed by atoms with Gasteiger partial charge in [0.05, 0.1) is 0 Å². The minimum absolute atomic E-state index is 0.142. The van der Waals surface area contributed by atoms with Crippen molar-refractivity contribution in [2.24, 2.45) is 23.5 Å². The van der Waals surface area contributed by atoms with Gasteiger partial charge in [-0.1, -0.05) is 26.7 Å². The molecule has 0 saturated heterocycles. The van der Waals surface area contributed by atoms with E-state index in [2.05, 4.69) is 19.2 Å². The lowest BCUT2D eigenvalue weighted by Gasteiger charge is -2.35. The molecule has 1 amide bonds. The fraction of sp³-hybridized carbons (Fsp3) is 0.933. The summed E-state index contributed by atoms with van der Waals surface area (Å²) in [6.45, 7) is 4.46. The number of hydrogen-bond acceptors (Lipinski definition) is 2. The Kier molecular flexibility index (Phi) is 4.66. The molecule has 0 aromatic heterocycles. The molecular formula is C15H28N2O. The lowest BCUT2D eigenvalue weighted by Crippen LogP contribution is -2.47. The molecule has 2 fully saturated rings. The molecule has 0 aliphatic heterocycles. The van der Waals surface area contributed by atoms with E-state index in [-0.39, 0.29) is 17.9 Å². The highest BCUT2D eigenvalue weighted by Gasteiger charge is 2.33. The smallest absolute Gasteiger partial charge is 0.223 e. The molecule has 18 heavy (non-hydrogen) atoms. The van der Waals surface area contributed by atoms with Crippen LogP contribution in [0.3, 0.4) is 0 Å². The third-order valence-electron chi connectivity index (χ3n) is 5.01. The normalized spacial score (nSPS) is 41.4. The molecule has 3 nitrogen and oxygen atoms in total. The summed E-state index contributed by atoms with van der Waals surface area (Å²) in [5.74, 6) is 1.53. The second-order valence-corrected chi connectivity index (χ2v) is 6.53. The molecule has 0 aromatic carbocycles. The second kappa shape index (κ2) is 6.05. The van der Waals surface area contributed by atoms with Crippen LogP contribution in [-0.4, -0.2) is 18.0 Å². The molecule has 5 atom stereocenters. The van der Waals surface area contributed by atoms with Crippen LogP contribution < -0.4 is 11.1 Å². The lowest BCUT2D eigenvalue weighted by atomic mass is 9.77. The maximum atomic E-state index is 12.4. The number of carbonyl (C=O) groups is 1. The van der Waals surface area contributed by atoms with Gasteiger partial charge in [-0.15, -0.1) is 0 Å². The second-order valence-electron chi connectivity index (χ2n) is 6.53. The van der Waals surface area contributed by atoms with E-state index >= 15 is 0 Å². The molecule has 2 rings (SSSR count). The van der Waals surface area contributed by atoms with Crippen LogP contribution in [0, 0.1) is 17.8 Å². The standard InChI is InChI=1S/C15H28N2O/c1-10-7-8-12(16)9-13(10)15(18)17-14-6-4-3-5-11(14)2/h10-14H,3-9,16H2,1-2H3,(H,17,18). The van der Waals surface area contributed by atoms with Crippen LogP contribution in [-0.2, 0) is 4.79 Å². The van der Waals surface area contributed by atoms with Crippen LogP contribution in [0.1, 0.15) is 58.8 Å². The summed E-state index contributed by atoms with van der Waals surface area (Å²) in [6, 6.07) is 0.623. The van der Waals surface area contributed by atoms with Crippen molar-refractivity contribution in [1.29, 1.82) is 0 Å². The van der Waals surface area contributed by atoms with Gasteiger partial charge in [-0.25, -0.2) is 0 Å². The molecule has 0 heterocycles. The van der Waals surface area contributed by atoms with Gasteiger partial charge in [-0.3, -0.25) is 4.79 Å². The van der Waals surface area contributed by atoms with Crippen molar-refractivity contribution in [3.05, 3.63) is 0 Å². The van der Waals surface area contributed by atoms with E-state index in [9.17, 15) is 4.79 Å². The average Bonchev–Trinajstić information content (AvgIpc) is 2.35. The van der Waals surface area contributed by atoms with Crippen LogP contribution in [0.5, 0.6) is 0 Å². The Hall–Kier alpha value is -0.570.